The van der Waals surface area contributed by atoms with E-state index in [0.29, 0.717) is 24.1 Å². The van der Waals surface area contributed by atoms with Gasteiger partial charge in [0, 0.05) is 37.1 Å². The van der Waals surface area contributed by atoms with Gasteiger partial charge in [0.05, 0.1) is 0 Å². The second-order valence-corrected chi connectivity index (χ2v) is 8.12. The highest BCUT2D eigenvalue weighted by molar-refractivity contribution is 6.36. The molecule has 0 radical (unpaired) electrons. The van der Waals surface area contributed by atoms with Crippen LogP contribution in [0.1, 0.15) is 40.0 Å². The van der Waals surface area contributed by atoms with Gasteiger partial charge in [-0.1, -0.05) is 41.6 Å². The molecule has 1 saturated heterocycles. The molecule has 0 bridgehead atoms. The summed E-state index contributed by atoms with van der Waals surface area (Å²) in [5.74, 6) is 6.84. The third kappa shape index (κ3) is 5.10. The largest absolute Gasteiger partial charge is 0.383 e. The van der Waals surface area contributed by atoms with Crippen LogP contribution in [0.5, 0.6) is 0 Å². The Hall–Kier alpha value is -3.34. The maximum Gasteiger partial charge on any atom is 0.278 e. The van der Waals surface area contributed by atoms with Crippen LogP contribution in [0.15, 0.2) is 42.6 Å². The minimum Gasteiger partial charge on any atom is -0.383 e. The number of amides is 1. The molecule has 8 heteroatoms. The van der Waals surface area contributed by atoms with Crippen LogP contribution in [0.25, 0.3) is 0 Å². The van der Waals surface area contributed by atoms with Gasteiger partial charge in [-0.3, -0.25) is 4.79 Å². The standard InChI is InChI=1S/C24H24ClN5O2/c1-16-13-19(8-7-17-5-3-2-4-6-17)14-27-23(16)28-24(31)21-20(25)22(26)30(29-21)15-18-9-11-32-12-10-18/h2-6,13-14,18H,9-12,15,26H2,1H3,(H,27,28,31). The van der Waals surface area contributed by atoms with Gasteiger partial charge >= 0.3 is 0 Å². The lowest BCUT2D eigenvalue weighted by atomic mass is 10.0. The Morgan fingerprint density at radius 2 is 1.97 bits per heavy atom. The molecule has 4 rings (SSSR count). The molecule has 0 aliphatic carbocycles. The van der Waals surface area contributed by atoms with Crippen molar-refractivity contribution in [1.82, 2.24) is 14.8 Å². The van der Waals surface area contributed by atoms with Gasteiger partial charge in [0.15, 0.2) is 5.69 Å². The summed E-state index contributed by atoms with van der Waals surface area (Å²) in [7, 11) is 0. The van der Waals surface area contributed by atoms with E-state index in [1.807, 2.05) is 43.3 Å². The van der Waals surface area contributed by atoms with Gasteiger partial charge in [-0.25, -0.2) is 9.67 Å². The highest BCUT2D eigenvalue weighted by atomic mass is 35.5. The fraction of sp³-hybridized carbons (Fsp3) is 0.292. The van der Waals surface area contributed by atoms with E-state index >= 15 is 0 Å². The molecule has 1 aliphatic rings. The second kappa shape index (κ2) is 9.86. The number of carbonyl (C=O) groups excluding carboxylic acids is 1. The van der Waals surface area contributed by atoms with Crippen molar-refractivity contribution >= 4 is 29.1 Å². The number of rotatable bonds is 4. The molecule has 32 heavy (non-hydrogen) atoms. The molecule has 1 aliphatic heterocycles. The van der Waals surface area contributed by atoms with E-state index < -0.39 is 5.91 Å². The summed E-state index contributed by atoms with van der Waals surface area (Å²) in [5, 5.41) is 7.30. The predicted octanol–water partition coefficient (Wildman–Crippen LogP) is 3.90. The number of hydrogen-bond acceptors (Lipinski definition) is 5. The van der Waals surface area contributed by atoms with Crippen molar-refractivity contribution in [3.05, 3.63) is 70.0 Å². The first-order valence-electron chi connectivity index (χ1n) is 10.5. The Morgan fingerprint density at radius 3 is 2.69 bits per heavy atom. The van der Waals surface area contributed by atoms with Crippen molar-refractivity contribution in [3.8, 4) is 11.8 Å². The molecule has 3 heterocycles. The van der Waals surface area contributed by atoms with Gasteiger partial charge in [-0.2, -0.15) is 5.10 Å². The first kappa shape index (κ1) is 21.9. The predicted molar refractivity (Wildman–Crippen MR) is 125 cm³/mol. The Balaban J connectivity index is 1.47. The number of carbonyl (C=O) groups is 1. The summed E-state index contributed by atoms with van der Waals surface area (Å²) in [6.07, 6.45) is 3.49. The fourth-order valence-corrected chi connectivity index (χ4v) is 3.74. The molecular weight excluding hydrogens is 426 g/mol. The van der Waals surface area contributed by atoms with Crippen LogP contribution in [-0.4, -0.2) is 33.9 Å². The molecule has 1 amide bonds. The van der Waals surface area contributed by atoms with Gasteiger partial charge in [-0.15, -0.1) is 0 Å². The number of pyridine rings is 1. The molecule has 3 aromatic rings. The van der Waals surface area contributed by atoms with E-state index in [4.69, 9.17) is 22.1 Å². The number of nitrogen functional groups attached to an aromatic ring is 1. The van der Waals surface area contributed by atoms with E-state index in [9.17, 15) is 4.79 Å². The van der Waals surface area contributed by atoms with Crippen LogP contribution in [0, 0.1) is 24.7 Å². The monoisotopic (exact) mass is 449 g/mol. The first-order chi connectivity index (χ1) is 15.5. The molecule has 164 valence electrons. The summed E-state index contributed by atoms with van der Waals surface area (Å²) >= 11 is 6.32. The fourth-order valence-electron chi connectivity index (χ4n) is 3.52. The second-order valence-electron chi connectivity index (χ2n) is 7.75. The Labute approximate surface area is 191 Å². The molecule has 3 N–H and O–H groups in total. The van der Waals surface area contributed by atoms with E-state index in [2.05, 4.69) is 27.2 Å². The molecule has 0 atom stereocenters. The summed E-state index contributed by atoms with van der Waals surface area (Å²) in [4.78, 5) is 17.2. The number of benzene rings is 1. The number of aromatic nitrogens is 3. The maximum absolute atomic E-state index is 12.8. The quantitative estimate of drug-likeness (QED) is 0.589. The number of nitrogens with one attached hydrogen (secondary N) is 1. The third-order valence-corrected chi connectivity index (χ3v) is 5.73. The number of ether oxygens (including phenoxy) is 1. The van der Waals surface area contributed by atoms with E-state index in [0.717, 1.165) is 42.7 Å². The Kier molecular flexibility index (Phi) is 6.74. The van der Waals surface area contributed by atoms with E-state index in [1.165, 1.54) is 0 Å². The number of anilines is 2. The van der Waals surface area contributed by atoms with Crippen LogP contribution in [-0.2, 0) is 11.3 Å². The van der Waals surface area contributed by atoms with Gasteiger partial charge in [0.2, 0.25) is 0 Å². The summed E-state index contributed by atoms with van der Waals surface area (Å²) < 4.78 is 7.00. The minimum absolute atomic E-state index is 0.0883. The maximum atomic E-state index is 12.8. The SMILES string of the molecule is Cc1cc(C#Cc2ccccc2)cnc1NC(=O)c1nn(CC2CCOCC2)c(N)c1Cl. The number of hydrogen-bond donors (Lipinski definition) is 2. The Bertz CT molecular complexity index is 1170. The molecule has 1 fully saturated rings. The average molecular weight is 450 g/mol. The zero-order chi connectivity index (χ0) is 22.5. The number of nitrogens with zero attached hydrogens (tertiary/aromatic N) is 3. The topological polar surface area (TPSA) is 95.1 Å². The molecule has 0 unspecified atom stereocenters. The highest BCUT2D eigenvalue weighted by Gasteiger charge is 2.23. The summed E-state index contributed by atoms with van der Waals surface area (Å²) in [6, 6.07) is 11.6. The van der Waals surface area contributed by atoms with Crippen LogP contribution < -0.4 is 11.1 Å². The smallest absolute Gasteiger partial charge is 0.278 e. The van der Waals surface area contributed by atoms with Crippen molar-refractivity contribution in [2.24, 2.45) is 5.92 Å². The lowest BCUT2D eigenvalue weighted by Gasteiger charge is -2.22. The van der Waals surface area contributed by atoms with Crippen molar-refractivity contribution in [2.75, 3.05) is 24.3 Å². The van der Waals surface area contributed by atoms with Gasteiger partial charge in [0.1, 0.15) is 16.7 Å². The highest BCUT2D eigenvalue weighted by Crippen LogP contribution is 2.27. The lowest BCUT2D eigenvalue weighted by molar-refractivity contribution is 0.0603. The normalized spacial score (nSPS) is 13.9. The van der Waals surface area contributed by atoms with Gasteiger partial charge in [-0.05, 0) is 49.4 Å². The molecule has 0 spiro atoms. The summed E-state index contributed by atoms with van der Waals surface area (Å²) in [6.45, 7) is 3.91. The van der Waals surface area contributed by atoms with E-state index in [-0.39, 0.29) is 10.7 Å². The minimum atomic E-state index is -0.453. The molecule has 0 saturated carbocycles. The van der Waals surface area contributed by atoms with Crippen molar-refractivity contribution in [3.63, 3.8) is 0 Å². The zero-order valence-corrected chi connectivity index (χ0v) is 18.5. The van der Waals surface area contributed by atoms with Gasteiger partial charge < -0.3 is 15.8 Å². The molecular formula is C24H24ClN5O2. The summed E-state index contributed by atoms with van der Waals surface area (Å²) in [5.41, 5.74) is 8.66. The van der Waals surface area contributed by atoms with Crippen LogP contribution in [0.4, 0.5) is 11.6 Å². The van der Waals surface area contributed by atoms with Crippen LogP contribution in [0.2, 0.25) is 5.02 Å². The zero-order valence-electron chi connectivity index (χ0n) is 17.8. The van der Waals surface area contributed by atoms with Crippen LogP contribution >= 0.6 is 11.6 Å². The van der Waals surface area contributed by atoms with Crippen molar-refractivity contribution in [2.45, 2.75) is 26.3 Å². The van der Waals surface area contributed by atoms with Gasteiger partial charge in [0.25, 0.3) is 5.91 Å². The Morgan fingerprint density at radius 1 is 1.25 bits per heavy atom. The molecule has 7 nitrogen and oxygen atoms in total. The number of aryl methyl sites for hydroxylation is 1. The van der Waals surface area contributed by atoms with Crippen molar-refractivity contribution < 1.29 is 9.53 Å². The first-order valence-corrected chi connectivity index (χ1v) is 10.8. The number of nitrogens with two attached hydrogens (primary N) is 1. The average Bonchev–Trinajstić information content (AvgIpc) is 3.09. The van der Waals surface area contributed by atoms with Crippen LogP contribution in [0.3, 0.4) is 0 Å². The molecule has 1 aromatic carbocycles. The lowest BCUT2D eigenvalue weighted by Crippen LogP contribution is -2.22. The van der Waals surface area contributed by atoms with E-state index in [1.54, 1.807) is 10.9 Å². The van der Waals surface area contributed by atoms with Crippen molar-refractivity contribution in [1.29, 1.82) is 0 Å². The third-order valence-electron chi connectivity index (χ3n) is 5.35. The number of halogens is 1. The molecule has 2 aromatic heterocycles.